The van der Waals surface area contributed by atoms with Crippen LogP contribution in [0.4, 0.5) is 23.2 Å². The molecule has 1 heterocycles. The molecule has 8 heteroatoms. The number of carbonyl (C=O) groups is 1. The maximum Gasteiger partial charge on any atom is 0.416 e. The lowest BCUT2D eigenvalue weighted by molar-refractivity contribution is -0.138. The predicted molar refractivity (Wildman–Crippen MR) is 96.5 cm³/mol. The maximum absolute atomic E-state index is 13.3. The molecule has 0 fully saturated rings. The number of rotatable bonds is 4. The molecule has 0 saturated heterocycles. The number of halogens is 4. The van der Waals surface area contributed by atoms with Gasteiger partial charge in [-0.1, -0.05) is 25.1 Å². The first kappa shape index (κ1) is 19.9. The van der Waals surface area contributed by atoms with Gasteiger partial charge in [-0.05, 0) is 35.7 Å². The summed E-state index contributed by atoms with van der Waals surface area (Å²) in [5.74, 6) is -1.84. The third kappa shape index (κ3) is 4.00. The lowest BCUT2D eigenvalue weighted by Gasteiger charge is -2.30. The highest BCUT2D eigenvalue weighted by Gasteiger charge is 2.35. The van der Waals surface area contributed by atoms with Gasteiger partial charge in [0.25, 0.3) is 5.91 Å². The summed E-state index contributed by atoms with van der Waals surface area (Å²) in [4.78, 5) is 14.1. The van der Waals surface area contributed by atoms with Crippen LogP contribution in [0.1, 0.15) is 30.4 Å². The van der Waals surface area contributed by atoms with Gasteiger partial charge in [-0.3, -0.25) is 10.2 Å². The molecule has 1 atom stereocenters. The standard InChI is InChI=1S/C20H18F4N2O2/c1-12(14-7-6-13(21)11-15(14)20(22,23)24)10-16(25)19(27)26-8-9-28-18-5-3-2-4-17(18)26/h2-7,11-12,25H,8-10H2,1H3. The maximum atomic E-state index is 13.3. The second-order valence-electron chi connectivity index (χ2n) is 6.59. The van der Waals surface area contributed by atoms with Crippen molar-refractivity contribution < 1.29 is 27.1 Å². The zero-order chi connectivity index (χ0) is 20.5. The highest BCUT2D eigenvalue weighted by Crippen LogP contribution is 2.37. The minimum atomic E-state index is -4.72. The zero-order valence-electron chi connectivity index (χ0n) is 15.0. The Hall–Kier alpha value is -2.90. The van der Waals surface area contributed by atoms with Gasteiger partial charge >= 0.3 is 6.18 Å². The molecule has 2 aromatic carbocycles. The zero-order valence-corrected chi connectivity index (χ0v) is 15.0. The Morgan fingerprint density at radius 2 is 1.96 bits per heavy atom. The summed E-state index contributed by atoms with van der Waals surface area (Å²) in [6, 6.07) is 9.33. The van der Waals surface area contributed by atoms with E-state index >= 15 is 0 Å². The lowest BCUT2D eigenvalue weighted by atomic mass is 9.90. The van der Waals surface area contributed by atoms with Gasteiger partial charge in [0.2, 0.25) is 0 Å². The lowest BCUT2D eigenvalue weighted by Crippen LogP contribution is -2.42. The van der Waals surface area contributed by atoms with Crippen molar-refractivity contribution in [3.8, 4) is 5.75 Å². The highest BCUT2D eigenvalue weighted by molar-refractivity contribution is 6.42. The van der Waals surface area contributed by atoms with Gasteiger partial charge in [0.05, 0.1) is 23.5 Å². The molecule has 0 saturated carbocycles. The van der Waals surface area contributed by atoms with Crippen molar-refractivity contribution in [1.82, 2.24) is 0 Å². The number of para-hydroxylation sites is 2. The molecule has 0 aromatic heterocycles. The summed E-state index contributed by atoms with van der Waals surface area (Å²) in [5.41, 5.74) is -1.03. The number of anilines is 1. The van der Waals surface area contributed by atoms with E-state index in [2.05, 4.69) is 0 Å². The van der Waals surface area contributed by atoms with Crippen molar-refractivity contribution in [2.45, 2.75) is 25.4 Å². The molecule has 1 aliphatic heterocycles. The van der Waals surface area contributed by atoms with Crippen LogP contribution in [-0.4, -0.2) is 24.8 Å². The van der Waals surface area contributed by atoms with E-state index < -0.39 is 29.4 Å². The first-order valence-corrected chi connectivity index (χ1v) is 8.66. The quantitative estimate of drug-likeness (QED) is 0.599. The third-order valence-corrected chi connectivity index (χ3v) is 4.59. The summed E-state index contributed by atoms with van der Waals surface area (Å²) in [7, 11) is 0. The van der Waals surface area contributed by atoms with Crippen LogP contribution in [0.15, 0.2) is 42.5 Å². The molecule has 1 amide bonds. The summed E-state index contributed by atoms with van der Waals surface area (Å²) in [5, 5.41) is 8.13. The van der Waals surface area contributed by atoms with Crippen molar-refractivity contribution in [2.24, 2.45) is 0 Å². The average molecular weight is 394 g/mol. The fourth-order valence-electron chi connectivity index (χ4n) is 3.25. The molecule has 28 heavy (non-hydrogen) atoms. The van der Waals surface area contributed by atoms with E-state index in [9.17, 15) is 22.4 Å². The molecule has 2 aromatic rings. The van der Waals surface area contributed by atoms with Gasteiger partial charge in [0.15, 0.2) is 0 Å². The fourth-order valence-corrected chi connectivity index (χ4v) is 3.25. The van der Waals surface area contributed by atoms with Crippen molar-refractivity contribution in [3.05, 3.63) is 59.4 Å². The van der Waals surface area contributed by atoms with E-state index in [1.807, 2.05) is 0 Å². The molecule has 1 aliphatic rings. The number of benzene rings is 2. The van der Waals surface area contributed by atoms with Crippen LogP contribution in [0.5, 0.6) is 5.75 Å². The van der Waals surface area contributed by atoms with E-state index in [-0.39, 0.29) is 30.8 Å². The first-order valence-electron chi connectivity index (χ1n) is 8.66. The smallest absolute Gasteiger partial charge is 0.416 e. The number of nitrogens with one attached hydrogen (secondary N) is 1. The Bertz CT molecular complexity index is 911. The number of nitrogens with zero attached hydrogens (tertiary/aromatic N) is 1. The minimum Gasteiger partial charge on any atom is -0.490 e. The van der Waals surface area contributed by atoms with E-state index in [4.69, 9.17) is 10.1 Å². The first-order chi connectivity index (χ1) is 13.2. The van der Waals surface area contributed by atoms with Crippen LogP contribution in [0.25, 0.3) is 0 Å². The van der Waals surface area contributed by atoms with Gasteiger partial charge < -0.3 is 9.64 Å². The van der Waals surface area contributed by atoms with E-state index in [1.165, 1.54) is 11.8 Å². The molecule has 0 spiro atoms. The van der Waals surface area contributed by atoms with Gasteiger partial charge in [0.1, 0.15) is 18.2 Å². The van der Waals surface area contributed by atoms with Crippen molar-refractivity contribution in [2.75, 3.05) is 18.1 Å². The normalized spacial score (nSPS) is 14.8. The number of amides is 1. The number of fused-ring (bicyclic) bond motifs is 1. The average Bonchev–Trinajstić information content (AvgIpc) is 2.66. The Labute approximate surface area is 159 Å². The van der Waals surface area contributed by atoms with E-state index in [1.54, 1.807) is 24.3 Å². The molecule has 4 nitrogen and oxygen atoms in total. The predicted octanol–water partition coefficient (Wildman–Crippen LogP) is 4.78. The molecule has 0 aliphatic carbocycles. The van der Waals surface area contributed by atoms with Crippen LogP contribution in [-0.2, 0) is 11.0 Å². The van der Waals surface area contributed by atoms with E-state index in [0.717, 1.165) is 12.1 Å². The van der Waals surface area contributed by atoms with Gasteiger partial charge in [-0.15, -0.1) is 0 Å². The Kier molecular flexibility index (Phi) is 5.40. The fraction of sp³-hybridized carbons (Fsp3) is 0.300. The second kappa shape index (κ2) is 7.61. The Morgan fingerprint density at radius 3 is 2.68 bits per heavy atom. The molecule has 148 valence electrons. The van der Waals surface area contributed by atoms with Crippen LogP contribution in [0.2, 0.25) is 0 Å². The van der Waals surface area contributed by atoms with Gasteiger partial charge in [-0.25, -0.2) is 4.39 Å². The van der Waals surface area contributed by atoms with Crippen LogP contribution in [0.3, 0.4) is 0 Å². The SMILES string of the molecule is CC(CC(=N)C(=O)N1CCOc2ccccc21)c1ccc(F)cc1C(F)(F)F. The van der Waals surface area contributed by atoms with Crippen molar-refractivity contribution in [3.63, 3.8) is 0 Å². The largest absolute Gasteiger partial charge is 0.490 e. The molecule has 1 N–H and O–H groups in total. The number of hydrogen-bond acceptors (Lipinski definition) is 3. The minimum absolute atomic E-state index is 0.145. The van der Waals surface area contributed by atoms with Crippen molar-refractivity contribution in [1.29, 1.82) is 5.41 Å². The molecule has 3 rings (SSSR count). The highest BCUT2D eigenvalue weighted by atomic mass is 19.4. The topological polar surface area (TPSA) is 53.4 Å². The van der Waals surface area contributed by atoms with Crippen LogP contribution < -0.4 is 9.64 Å². The van der Waals surface area contributed by atoms with Gasteiger partial charge in [0, 0.05) is 6.42 Å². The summed E-state index contributed by atoms with van der Waals surface area (Å²) >= 11 is 0. The third-order valence-electron chi connectivity index (χ3n) is 4.59. The number of ether oxygens (including phenoxy) is 1. The Balaban J connectivity index is 1.80. The molecule has 0 radical (unpaired) electrons. The molecular weight excluding hydrogens is 376 g/mol. The number of alkyl halides is 3. The second-order valence-corrected chi connectivity index (χ2v) is 6.59. The summed E-state index contributed by atoms with van der Waals surface area (Å²) < 4.78 is 58.5. The Morgan fingerprint density at radius 1 is 1.25 bits per heavy atom. The van der Waals surface area contributed by atoms with Crippen LogP contribution >= 0.6 is 0 Å². The summed E-state index contributed by atoms with van der Waals surface area (Å²) in [6.07, 6.45) is -4.92. The number of carbonyl (C=O) groups excluding carboxylic acids is 1. The monoisotopic (exact) mass is 394 g/mol. The molecule has 0 bridgehead atoms. The number of hydrogen-bond donors (Lipinski definition) is 1. The van der Waals surface area contributed by atoms with Crippen LogP contribution in [0, 0.1) is 11.2 Å². The molecule has 1 unspecified atom stereocenters. The molecular formula is C20H18F4N2O2. The van der Waals surface area contributed by atoms with E-state index in [0.29, 0.717) is 17.5 Å². The summed E-state index contributed by atoms with van der Waals surface area (Å²) in [6.45, 7) is 2.00. The van der Waals surface area contributed by atoms with Crippen molar-refractivity contribution >= 4 is 17.3 Å². The van der Waals surface area contributed by atoms with Gasteiger partial charge in [-0.2, -0.15) is 13.2 Å².